The summed E-state index contributed by atoms with van der Waals surface area (Å²) < 4.78 is 27.8. The van der Waals surface area contributed by atoms with Crippen molar-refractivity contribution in [2.24, 2.45) is 0 Å². The fourth-order valence-electron chi connectivity index (χ4n) is 2.34. The lowest BCUT2D eigenvalue weighted by molar-refractivity contribution is 0.300. The Morgan fingerprint density at radius 3 is 1.95 bits per heavy atom. The highest BCUT2D eigenvalue weighted by Crippen LogP contribution is 2.26. The molecule has 0 spiro atoms. The van der Waals surface area contributed by atoms with Gasteiger partial charge in [-0.15, -0.1) is 0 Å². The number of benzene rings is 1. The topological polar surface area (TPSA) is 32.5 Å². The number of hydrogen-bond donors (Lipinski definition) is 1. The SMILES string of the molecule is CCN(CC)CCCN(CC)c1c(F)cc(N)cc1F. The lowest BCUT2D eigenvalue weighted by atomic mass is 10.2. The summed E-state index contributed by atoms with van der Waals surface area (Å²) >= 11 is 0. The van der Waals surface area contributed by atoms with Gasteiger partial charge in [-0.2, -0.15) is 0 Å². The van der Waals surface area contributed by atoms with Crippen LogP contribution in [0, 0.1) is 11.6 Å². The third kappa shape index (κ3) is 4.34. The van der Waals surface area contributed by atoms with Crippen molar-refractivity contribution in [1.29, 1.82) is 0 Å². The molecule has 0 aromatic heterocycles. The Morgan fingerprint density at radius 1 is 0.950 bits per heavy atom. The Bertz CT molecular complexity index is 397. The molecular weight excluding hydrogens is 260 g/mol. The van der Waals surface area contributed by atoms with Gasteiger partial charge in [-0.1, -0.05) is 13.8 Å². The van der Waals surface area contributed by atoms with Crippen LogP contribution in [0.1, 0.15) is 27.2 Å². The van der Waals surface area contributed by atoms with Crippen molar-refractivity contribution in [3.05, 3.63) is 23.8 Å². The van der Waals surface area contributed by atoms with Gasteiger partial charge in [0.05, 0.1) is 0 Å². The van der Waals surface area contributed by atoms with Gasteiger partial charge in [0.15, 0.2) is 11.6 Å². The maximum Gasteiger partial charge on any atom is 0.151 e. The normalized spacial score (nSPS) is 11.1. The van der Waals surface area contributed by atoms with Crippen molar-refractivity contribution >= 4 is 11.4 Å². The summed E-state index contributed by atoms with van der Waals surface area (Å²) in [6.45, 7) is 10.2. The van der Waals surface area contributed by atoms with Crippen LogP contribution in [0.4, 0.5) is 20.2 Å². The van der Waals surface area contributed by atoms with Gasteiger partial charge < -0.3 is 15.5 Å². The smallest absolute Gasteiger partial charge is 0.151 e. The Hall–Kier alpha value is -1.36. The monoisotopic (exact) mass is 285 g/mol. The van der Waals surface area contributed by atoms with Gasteiger partial charge in [-0.25, -0.2) is 8.78 Å². The van der Waals surface area contributed by atoms with Crippen molar-refractivity contribution in [3.63, 3.8) is 0 Å². The second-order valence-electron chi connectivity index (χ2n) is 4.79. The van der Waals surface area contributed by atoms with Crippen LogP contribution in [-0.4, -0.2) is 37.6 Å². The molecule has 0 aliphatic carbocycles. The van der Waals surface area contributed by atoms with Crippen molar-refractivity contribution in [3.8, 4) is 0 Å². The second kappa shape index (κ2) is 8.04. The lowest BCUT2D eigenvalue weighted by Gasteiger charge is -2.26. The molecule has 1 rings (SSSR count). The molecule has 0 heterocycles. The predicted octanol–water partition coefficient (Wildman–Crippen LogP) is 3.11. The maximum absolute atomic E-state index is 13.9. The van der Waals surface area contributed by atoms with E-state index in [1.165, 1.54) is 12.1 Å². The zero-order valence-electron chi connectivity index (χ0n) is 12.6. The average molecular weight is 285 g/mol. The van der Waals surface area contributed by atoms with Gasteiger partial charge in [-0.3, -0.25) is 0 Å². The maximum atomic E-state index is 13.9. The third-order valence-corrected chi connectivity index (χ3v) is 3.53. The van der Waals surface area contributed by atoms with Crippen LogP contribution in [-0.2, 0) is 0 Å². The summed E-state index contributed by atoms with van der Waals surface area (Å²) in [6.07, 6.45) is 0.874. The van der Waals surface area contributed by atoms with Gasteiger partial charge in [-0.05, 0) is 45.1 Å². The van der Waals surface area contributed by atoms with E-state index in [1.54, 1.807) is 4.90 Å². The molecule has 20 heavy (non-hydrogen) atoms. The van der Waals surface area contributed by atoms with Crippen molar-refractivity contribution in [1.82, 2.24) is 4.90 Å². The first-order chi connectivity index (χ1) is 9.53. The molecule has 0 atom stereocenters. The van der Waals surface area contributed by atoms with E-state index in [-0.39, 0.29) is 11.4 Å². The molecule has 3 nitrogen and oxygen atoms in total. The number of halogens is 2. The molecule has 0 radical (unpaired) electrons. The molecule has 0 aliphatic heterocycles. The number of nitrogen functional groups attached to an aromatic ring is 1. The second-order valence-corrected chi connectivity index (χ2v) is 4.79. The Kier molecular flexibility index (Phi) is 6.71. The number of rotatable bonds is 8. The fraction of sp³-hybridized carbons (Fsp3) is 0.600. The molecule has 114 valence electrons. The minimum Gasteiger partial charge on any atom is -0.399 e. The summed E-state index contributed by atoms with van der Waals surface area (Å²) in [5, 5.41) is 0. The van der Waals surface area contributed by atoms with Crippen molar-refractivity contribution < 1.29 is 8.78 Å². The molecule has 0 aliphatic rings. The van der Waals surface area contributed by atoms with Crippen LogP contribution in [0.5, 0.6) is 0 Å². The van der Waals surface area contributed by atoms with Crippen LogP contribution < -0.4 is 10.6 Å². The quantitative estimate of drug-likeness (QED) is 0.745. The van der Waals surface area contributed by atoms with Crippen LogP contribution >= 0.6 is 0 Å². The summed E-state index contributed by atoms with van der Waals surface area (Å²) in [5.74, 6) is -1.18. The fourth-order valence-corrected chi connectivity index (χ4v) is 2.34. The van der Waals surface area contributed by atoms with Gasteiger partial charge in [0.25, 0.3) is 0 Å². The molecule has 1 aromatic rings. The van der Waals surface area contributed by atoms with E-state index in [1.807, 2.05) is 6.92 Å². The third-order valence-electron chi connectivity index (χ3n) is 3.53. The first-order valence-electron chi connectivity index (χ1n) is 7.25. The van der Waals surface area contributed by atoms with Crippen LogP contribution in [0.15, 0.2) is 12.1 Å². The highest BCUT2D eigenvalue weighted by Gasteiger charge is 2.16. The van der Waals surface area contributed by atoms with E-state index >= 15 is 0 Å². The minimum absolute atomic E-state index is 0.0289. The zero-order valence-corrected chi connectivity index (χ0v) is 12.6. The van der Waals surface area contributed by atoms with E-state index in [0.29, 0.717) is 13.1 Å². The molecule has 0 saturated carbocycles. The zero-order chi connectivity index (χ0) is 15.1. The summed E-state index contributed by atoms with van der Waals surface area (Å²) in [4.78, 5) is 4.02. The number of hydrogen-bond acceptors (Lipinski definition) is 3. The van der Waals surface area contributed by atoms with E-state index in [9.17, 15) is 8.78 Å². The molecule has 0 unspecified atom stereocenters. The molecule has 2 N–H and O–H groups in total. The minimum atomic E-state index is -0.591. The summed E-state index contributed by atoms with van der Waals surface area (Å²) in [6, 6.07) is 2.34. The van der Waals surface area contributed by atoms with E-state index < -0.39 is 11.6 Å². The molecule has 5 heteroatoms. The molecular formula is C15H25F2N3. The van der Waals surface area contributed by atoms with Gasteiger partial charge in [0, 0.05) is 18.8 Å². The Labute approximate surface area is 120 Å². The van der Waals surface area contributed by atoms with Crippen LogP contribution in [0.3, 0.4) is 0 Å². The first kappa shape index (κ1) is 16.7. The predicted molar refractivity (Wildman–Crippen MR) is 81.1 cm³/mol. The molecule has 0 amide bonds. The van der Waals surface area contributed by atoms with E-state index in [4.69, 9.17) is 5.73 Å². The highest BCUT2D eigenvalue weighted by atomic mass is 19.1. The van der Waals surface area contributed by atoms with E-state index in [0.717, 1.165) is 26.1 Å². The van der Waals surface area contributed by atoms with Crippen molar-refractivity contribution in [2.75, 3.05) is 43.4 Å². The van der Waals surface area contributed by atoms with Crippen molar-refractivity contribution in [2.45, 2.75) is 27.2 Å². The summed E-state index contributed by atoms with van der Waals surface area (Å²) in [5.41, 5.74) is 5.58. The van der Waals surface area contributed by atoms with Crippen LogP contribution in [0.25, 0.3) is 0 Å². The largest absolute Gasteiger partial charge is 0.399 e. The van der Waals surface area contributed by atoms with Crippen LogP contribution in [0.2, 0.25) is 0 Å². The first-order valence-corrected chi connectivity index (χ1v) is 7.25. The van der Waals surface area contributed by atoms with E-state index in [2.05, 4.69) is 18.7 Å². The van der Waals surface area contributed by atoms with Gasteiger partial charge in [0.2, 0.25) is 0 Å². The molecule has 0 bridgehead atoms. The molecule has 0 saturated heterocycles. The standard InChI is InChI=1S/C15H25F2N3/c1-4-19(5-2)8-7-9-20(6-3)15-13(16)10-12(18)11-14(15)17/h10-11H,4-9,18H2,1-3H3. The highest BCUT2D eigenvalue weighted by molar-refractivity contribution is 5.55. The number of nitrogens with zero attached hydrogens (tertiary/aromatic N) is 2. The Morgan fingerprint density at radius 2 is 1.50 bits per heavy atom. The number of nitrogens with two attached hydrogens (primary N) is 1. The van der Waals surface area contributed by atoms with Gasteiger partial charge >= 0.3 is 0 Å². The lowest BCUT2D eigenvalue weighted by Crippen LogP contribution is -2.31. The summed E-state index contributed by atoms with van der Waals surface area (Å²) in [7, 11) is 0. The Balaban J connectivity index is 2.72. The molecule has 1 aromatic carbocycles. The van der Waals surface area contributed by atoms with Gasteiger partial charge in [0.1, 0.15) is 5.69 Å². The average Bonchev–Trinajstić information content (AvgIpc) is 2.40. The number of anilines is 2. The molecule has 0 fully saturated rings.